The first-order chi connectivity index (χ1) is 21.8. The Hall–Kier alpha value is -3.28. The summed E-state index contributed by atoms with van der Waals surface area (Å²) >= 11 is 13.9. The van der Waals surface area contributed by atoms with Crippen molar-refractivity contribution in [2.75, 3.05) is 13.1 Å². The van der Waals surface area contributed by atoms with Crippen molar-refractivity contribution in [3.8, 4) is 0 Å². The monoisotopic (exact) mass is 687 g/mol. The maximum atomic E-state index is 14.7. The maximum Gasteiger partial charge on any atom is 0.405 e. The highest BCUT2D eigenvalue weighted by Gasteiger charge is 2.54. The standard InChI is InChI=1S/C33H36Cl2FN5O4S/c1-17(2)26-27(30(43)40-18(3)5-14-25(40)29(42)39-15-23(36)24(16-39)37-32(44)45)46-31-38-33(4,20-8-12-22(35)13-9-20)28(41(26)31)19-6-10-21(34)11-7-19/h6-13,17-18,23-25,28,37H,5,14-16H2,1-4H3,(H,44,45)/t18-,23+,24-,25-,28-,33+/m1/s1. The lowest BCUT2D eigenvalue weighted by molar-refractivity contribution is -0.142. The average molecular weight is 689 g/mol. The van der Waals surface area contributed by atoms with Gasteiger partial charge in [0.2, 0.25) is 5.91 Å². The minimum absolute atomic E-state index is 0.0673. The predicted molar refractivity (Wildman–Crippen MR) is 177 cm³/mol. The number of likely N-dealkylation sites (tertiary alicyclic amines) is 2. The van der Waals surface area contributed by atoms with E-state index >= 15 is 0 Å². The lowest BCUT2D eigenvalue weighted by atomic mass is 9.81. The van der Waals surface area contributed by atoms with Gasteiger partial charge in [0.1, 0.15) is 22.7 Å². The van der Waals surface area contributed by atoms with Gasteiger partial charge < -0.3 is 25.1 Å². The number of hydrogen-bond donors (Lipinski definition) is 2. The summed E-state index contributed by atoms with van der Waals surface area (Å²) in [6, 6.07) is 13.0. The highest BCUT2D eigenvalue weighted by Crippen LogP contribution is 2.56. The molecule has 6 rings (SSSR count). The van der Waals surface area contributed by atoms with Gasteiger partial charge in [0.25, 0.3) is 5.91 Å². The summed E-state index contributed by atoms with van der Waals surface area (Å²) < 4.78 is 14.7. The third kappa shape index (κ3) is 5.64. The van der Waals surface area contributed by atoms with Crippen molar-refractivity contribution in [1.82, 2.24) is 20.0 Å². The Labute approximate surface area is 281 Å². The van der Waals surface area contributed by atoms with Crippen molar-refractivity contribution in [3.63, 3.8) is 0 Å². The highest BCUT2D eigenvalue weighted by molar-refractivity contribution is 8.18. The summed E-state index contributed by atoms with van der Waals surface area (Å²) in [6.45, 7) is 7.79. The van der Waals surface area contributed by atoms with E-state index < -0.39 is 29.9 Å². The molecule has 2 aromatic carbocycles. The number of alkyl halides is 1. The smallest absolute Gasteiger partial charge is 0.405 e. The molecule has 2 N–H and O–H groups in total. The SMILES string of the molecule is CC(C)C1=C(C(=O)N2[C@H](C)CC[C@@H]2C(=O)N2C[C@H](F)[C@H](NC(=O)O)C2)SC2=N[C@@](C)(c3ccc(Cl)cc3)[C@@H](c3ccc(Cl)cc3)N21. The van der Waals surface area contributed by atoms with Gasteiger partial charge in [-0.3, -0.25) is 9.59 Å². The molecule has 0 radical (unpaired) electrons. The van der Waals surface area contributed by atoms with E-state index in [9.17, 15) is 18.8 Å². The zero-order valence-corrected chi connectivity index (χ0v) is 28.2. The Bertz CT molecular complexity index is 1620. The second-order valence-electron chi connectivity index (χ2n) is 12.8. The van der Waals surface area contributed by atoms with Crippen LogP contribution in [-0.2, 0) is 15.1 Å². The van der Waals surface area contributed by atoms with E-state index in [1.54, 1.807) is 4.90 Å². The van der Waals surface area contributed by atoms with E-state index in [1.165, 1.54) is 16.7 Å². The van der Waals surface area contributed by atoms with Crippen molar-refractivity contribution in [2.45, 2.75) is 76.4 Å². The van der Waals surface area contributed by atoms with Gasteiger partial charge in [-0.15, -0.1) is 0 Å². The Balaban J connectivity index is 1.36. The third-order valence-electron chi connectivity index (χ3n) is 9.42. The molecule has 4 aliphatic heterocycles. The zero-order valence-electron chi connectivity index (χ0n) is 25.9. The number of benzene rings is 2. The van der Waals surface area contributed by atoms with Gasteiger partial charge in [0.15, 0.2) is 5.17 Å². The molecule has 6 atom stereocenters. The molecule has 0 bridgehead atoms. The van der Waals surface area contributed by atoms with E-state index in [2.05, 4.69) is 17.1 Å². The van der Waals surface area contributed by atoms with Gasteiger partial charge in [0, 0.05) is 28.3 Å². The molecule has 0 spiro atoms. The number of carbonyl (C=O) groups is 3. The van der Waals surface area contributed by atoms with Crippen molar-refractivity contribution in [3.05, 3.63) is 80.3 Å². The van der Waals surface area contributed by atoms with Crippen LogP contribution in [0.2, 0.25) is 10.0 Å². The topological polar surface area (TPSA) is 106 Å². The third-order valence-corrected chi connectivity index (χ3v) is 11.0. The lowest BCUT2D eigenvalue weighted by Gasteiger charge is -2.37. The quantitative estimate of drug-likeness (QED) is 0.363. The van der Waals surface area contributed by atoms with E-state index in [0.717, 1.165) is 16.8 Å². The van der Waals surface area contributed by atoms with Crippen molar-refractivity contribution >= 4 is 58.0 Å². The number of halogens is 3. The Morgan fingerprint density at radius 1 is 1.04 bits per heavy atom. The van der Waals surface area contributed by atoms with E-state index in [-0.39, 0.29) is 42.9 Å². The Kier molecular flexibility index (Phi) is 8.80. The number of allylic oxidation sites excluding steroid dienone is 1. The molecule has 13 heteroatoms. The van der Waals surface area contributed by atoms with Gasteiger partial charge in [-0.1, -0.05) is 61.3 Å². The Morgan fingerprint density at radius 3 is 2.28 bits per heavy atom. The number of carbonyl (C=O) groups excluding carboxylic acids is 2. The van der Waals surface area contributed by atoms with E-state index in [1.807, 2.05) is 69.3 Å². The number of thioether (sulfide) groups is 1. The molecular weight excluding hydrogens is 652 g/mol. The van der Waals surface area contributed by atoms with Crippen molar-refractivity contribution < 1.29 is 23.9 Å². The molecule has 244 valence electrons. The summed E-state index contributed by atoms with van der Waals surface area (Å²) in [4.78, 5) is 50.4. The van der Waals surface area contributed by atoms with Crippen LogP contribution in [0.25, 0.3) is 0 Å². The second-order valence-corrected chi connectivity index (χ2v) is 14.7. The first-order valence-electron chi connectivity index (χ1n) is 15.4. The average Bonchev–Trinajstić information content (AvgIpc) is 3.74. The van der Waals surface area contributed by atoms with Crippen LogP contribution in [0.5, 0.6) is 0 Å². The van der Waals surface area contributed by atoms with Crippen LogP contribution >= 0.6 is 35.0 Å². The molecule has 2 aromatic rings. The van der Waals surface area contributed by atoms with Crippen LogP contribution in [0.4, 0.5) is 9.18 Å². The number of aliphatic imine (C=N–C) groups is 1. The fraction of sp³-hybridized carbons (Fsp3) is 0.455. The van der Waals surface area contributed by atoms with Gasteiger partial charge in [-0.25, -0.2) is 14.2 Å². The molecule has 46 heavy (non-hydrogen) atoms. The number of amides is 3. The molecule has 3 amide bonds. The van der Waals surface area contributed by atoms with Gasteiger partial charge in [-0.2, -0.15) is 0 Å². The zero-order chi connectivity index (χ0) is 33.1. The second kappa shape index (κ2) is 12.4. The summed E-state index contributed by atoms with van der Waals surface area (Å²) in [5.74, 6) is -0.687. The molecule has 9 nitrogen and oxygen atoms in total. The molecule has 2 fully saturated rings. The number of amidine groups is 1. The highest BCUT2D eigenvalue weighted by atomic mass is 35.5. The minimum Gasteiger partial charge on any atom is -0.465 e. The molecule has 2 saturated heterocycles. The summed E-state index contributed by atoms with van der Waals surface area (Å²) in [7, 11) is 0. The normalized spacial score (nSPS) is 29.1. The molecule has 4 heterocycles. The Morgan fingerprint density at radius 2 is 1.67 bits per heavy atom. The number of rotatable bonds is 6. The van der Waals surface area contributed by atoms with Crippen molar-refractivity contribution in [2.24, 2.45) is 10.9 Å². The minimum atomic E-state index is -1.52. The molecule has 4 aliphatic rings. The summed E-state index contributed by atoms with van der Waals surface area (Å²) in [5, 5.41) is 13.2. The molecule has 0 saturated carbocycles. The number of nitrogens with one attached hydrogen (secondary N) is 1. The maximum absolute atomic E-state index is 14.7. The number of fused-ring (bicyclic) bond motifs is 1. The van der Waals surface area contributed by atoms with Gasteiger partial charge in [0.05, 0.1) is 18.6 Å². The summed E-state index contributed by atoms with van der Waals surface area (Å²) in [5.41, 5.74) is 2.07. The van der Waals surface area contributed by atoms with Crippen LogP contribution in [0.1, 0.15) is 57.7 Å². The fourth-order valence-electron chi connectivity index (χ4n) is 7.20. The first kappa shape index (κ1) is 32.7. The molecule has 0 aliphatic carbocycles. The van der Waals surface area contributed by atoms with E-state index in [0.29, 0.717) is 33.0 Å². The van der Waals surface area contributed by atoms with Crippen LogP contribution in [-0.4, -0.2) is 80.3 Å². The number of hydrogen-bond acceptors (Lipinski definition) is 6. The van der Waals surface area contributed by atoms with Gasteiger partial charge >= 0.3 is 6.09 Å². The van der Waals surface area contributed by atoms with Crippen LogP contribution in [0, 0.1) is 5.92 Å². The first-order valence-corrected chi connectivity index (χ1v) is 16.9. The molecule has 0 aromatic heterocycles. The number of nitrogens with zero attached hydrogens (tertiary/aromatic N) is 4. The number of carboxylic acid groups (broad SMARTS) is 1. The van der Waals surface area contributed by atoms with E-state index in [4.69, 9.17) is 33.3 Å². The summed E-state index contributed by atoms with van der Waals surface area (Å²) in [6.07, 6.45) is -1.80. The predicted octanol–water partition coefficient (Wildman–Crippen LogP) is 6.43. The molecule has 0 unspecified atom stereocenters. The lowest BCUT2D eigenvalue weighted by Crippen LogP contribution is -2.50. The fourth-order valence-corrected chi connectivity index (χ4v) is 8.80. The van der Waals surface area contributed by atoms with Crippen LogP contribution in [0.3, 0.4) is 0 Å². The van der Waals surface area contributed by atoms with Crippen LogP contribution in [0.15, 0.2) is 64.1 Å². The van der Waals surface area contributed by atoms with Crippen LogP contribution < -0.4 is 5.32 Å². The van der Waals surface area contributed by atoms with Gasteiger partial charge in [-0.05, 0) is 79.8 Å². The largest absolute Gasteiger partial charge is 0.465 e. The molecular formula is C33H36Cl2FN5O4S. The van der Waals surface area contributed by atoms with Crippen molar-refractivity contribution in [1.29, 1.82) is 0 Å².